The summed E-state index contributed by atoms with van der Waals surface area (Å²) in [6.07, 6.45) is 58.4. The summed E-state index contributed by atoms with van der Waals surface area (Å²) in [5.74, 6) is -0.896. The van der Waals surface area contributed by atoms with E-state index in [1.807, 2.05) is 0 Å². The van der Waals surface area contributed by atoms with Crippen LogP contribution in [0.2, 0.25) is 0 Å². The molecule has 0 bridgehead atoms. The maximum absolute atomic E-state index is 12.8. The van der Waals surface area contributed by atoms with E-state index in [4.69, 9.17) is 14.2 Å². The number of ether oxygens (including phenoxy) is 3. The van der Waals surface area contributed by atoms with E-state index in [9.17, 15) is 14.4 Å². The molecule has 0 aromatic heterocycles. The molecule has 0 rings (SSSR count). The van der Waals surface area contributed by atoms with Gasteiger partial charge < -0.3 is 14.2 Å². The van der Waals surface area contributed by atoms with Gasteiger partial charge in [0.2, 0.25) is 0 Å². The highest BCUT2D eigenvalue weighted by molar-refractivity contribution is 5.71. The molecule has 61 heavy (non-hydrogen) atoms. The zero-order chi connectivity index (χ0) is 44.4. The zero-order valence-corrected chi connectivity index (χ0v) is 40.7. The number of esters is 3. The molecule has 6 heteroatoms. The van der Waals surface area contributed by atoms with Crippen molar-refractivity contribution in [1.82, 2.24) is 0 Å². The number of unbranched alkanes of at least 4 members (excludes halogenated alkanes) is 31. The molecule has 0 heterocycles. The molecule has 0 aliphatic heterocycles. The van der Waals surface area contributed by atoms with Crippen LogP contribution in [0.15, 0.2) is 36.5 Å². The highest BCUT2D eigenvalue weighted by Gasteiger charge is 2.19. The lowest BCUT2D eigenvalue weighted by atomic mass is 10.1. The first kappa shape index (κ1) is 58.6. The number of allylic oxidation sites excluding steroid dienone is 6. The molecular formula is C55H100O6. The molecule has 0 spiro atoms. The van der Waals surface area contributed by atoms with Gasteiger partial charge in [0.15, 0.2) is 6.10 Å². The topological polar surface area (TPSA) is 78.9 Å². The Morgan fingerprint density at radius 3 is 0.820 bits per heavy atom. The molecule has 0 saturated heterocycles. The Labute approximate surface area is 378 Å². The molecule has 0 fully saturated rings. The molecule has 1 unspecified atom stereocenters. The highest BCUT2D eigenvalue weighted by Crippen LogP contribution is 2.14. The third kappa shape index (κ3) is 48.5. The first-order chi connectivity index (χ1) is 30.0. The normalized spacial score (nSPS) is 12.2. The van der Waals surface area contributed by atoms with Gasteiger partial charge in [0.05, 0.1) is 0 Å². The van der Waals surface area contributed by atoms with Crippen molar-refractivity contribution < 1.29 is 28.6 Å². The Morgan fingerprint density at radius 2 is 0.541 bits per heavy atom. The van der Waals surface area contributed by atoms with Crippen LogP contribution in [0.5, 0.6) is 0 Å². The van der Waals surface area contributed by atoms with Crippen LogP contribution in [0.1, 0.15) is 278 Å². The predicted octanol–water partition coefficient (Wildman–Crippen LogP) is 17.3. The van der Waals surface area contributed by atoms with Gasteiger partial charge in [-0.15, -0.1) is 0 Å². The van der Waals surface area contributed by atoms with Crippen LogP contribution in [0.4, 0.5) is 0 Å². The van der Waals surface area contributed by atoms with Crippen molar-refractivity contribution in [1.29, 1.82) is 0 Å². The highest BCUT2D eigenvalue weighted by atomic mass is 16.6. The SMILES string of the molecule is CCCCCCC/C=C\CCCCCCCC(=O)OCC(COC(=O)CCCCCCC/C=C\CCCCCCCC)OC(=O)CCCCCCC/C=C\CCCCCCC. The fourth-order valence-electron chi connectivity index (χ4n) is 7.54. The van der Waals surface area contributed by atoms with E-state index >= 15 is 0 Å². The smallest absolute Gasteiger partial charge is 0.306 e. The third-order valence-electron chi connectivity index (χ3n) is 11.6. The summed E-state index contributed by atoms with van der Waals surface area (Å²) in [7, 11) is 0. The van der Waals surface area contributed by atoms with Crippen molar-refractivity contribution in [3.63, 3.8) is 0 Å². The fraction of sp³-hybridized carbons (Fsp3) is 0.836. The maximum Gasteiger partial charge on any atom is 0.306 e. The summed E-state index contributed by atoms with van der Waals surface area (Å²) in [5.41, 5.74) is 0. The second-order valence-electron chi connectivity index (χ2n) is 17.8. The van der Waals surface area contributed by atoms with E-state index in [1.165, 1.54) is 154 Å². The van der Waals surface area contributed by atoms with Crippen molar-refractivity contribution in [2.24, 2.45) is 0 Å². The molecule has 0 saturated carbocycles. The number of hydrogen-bond donors (Lipinski definition) is 0. The van der Waals surface area contributed by atoms with Gasteiger partial charge in [0, 0.05) is 19.3 Å². The quantitative estimate of drug-likeness (QED) is 0.0262. The second kappa shape index (κ2) is 50.3. The average molecular weight is 857 g/mol. The van der Waals surface area contributed by atoms with Crippen molar-refractivity contribution in [3.8, 4) is 0 Å². The maximum atomic E-state index is 12.8. The van der Waals surface area contributed by atoms with Gasteiger partial charge in [-0.2, -0.15) is 0 Å². The number of carbonyl (C=O) groups excluding carboxylic acids is 3. The Hall–Kier alpha value is -2.37. The van der Waals surface area contributed by atoms with Crippen LogP contribution in [0.25, 0.3) is 0 Å². The van der Waals surface area contributed by atoms with Crippen molar-refractivity contribution in [2.45, 2.75) is 284 Å². The molecule has 0 amide bonds. The van der Waals surface area contributed by atoms with Crippen molar-refractivity contribution >= 4 is 17.9 Å². The molecule has 0 aromatic rings. The molecule has 356 valence electrons. The Kier molecular flexibility index (Phi) is 48.3. The summed E-state index contributed by atoms with van der Waals surface area (Å²) in [6, 6.07) is 0. The van der Waals surface area contributed by atoms with Gasteiger partial charge in [-0.1, -0.05) is 198 Å². The minimum Gasteiger partial charge on any atom is -0.462 e. The molecule has 1 atom stereocenters. The second-order valence-corrected chi connectivity index (χ2v) is 17.8. The summed E-state index contributed by atoms with van der Waals surface area (Å²) in [5, 5.41) is 0. The van der Waals surface area contributed by atoms with E-state index in [2.05, 4.69) is 57.2 Å². The summed E-state index contributed by atoms with van der Waals surface area (Å²) < 4.78 is 16.8. The predicted molar refractivity (Wildman–Crippen MR) is 261 cm³/mol. The minimum absolute atomic E-state index is 0.0809. The van der Waals surface area contributed by atoms with Gasteiger partial charge in [0.1, 0.15) is 13.2 Å². The molecule has 6 nitrogen and oxygen atoms in total. The molecule has 0 N–H and O–H groups in total. The Balaban J connectivity index is 4.39. The van der Waals surface area contributed by atoms with Crippen molar-refractivity contribution in [2.75, 3.05) is 13.2 Å². The first-order valence-corrected chi connectivity index (χ1v) is 26.5. The van der Waals surface area contributed by atoms with Gasteiger partial charge in [-0.25, -0.2) is 0 Å². The lowest BCUT2D eigenvalue weighted by Gasteiger charge is -2.18. The minimum atomic E-state index is -0.780. The fourth-order valence-corrected chi connectivity index (χ4v) is 7.54. The van der Waals surface area contributed by atoms with E-state index in [1.54, 1.807) is 0 Å². The zero-order valence-electron chi connectivity index (χ0n) is 40.7. The van der Waals surface area contributed by atoms with Gasteiger partial charge in [-0.05, 0) is 96.3 Å². The number of rotatable bonds is 48. The molecule has 0 aliphatic rings. The molecular weight excluding hydrogens is 757 g/mol. The van der Waals surface area contributed by atoms with E-state index in [0.717, 1.165) is 83.5 Å². The van der Waals surface area contributed by atoms with Gasteiger partial charge >= 0.3 is 17.9 Å². The number of hydrogen-bond acceptors (Lipinski definition) is 6. The van der Waals surface area contributed by atoms with Gasteiger partial charge in [-0.3, -0.25) is 14.4 Å². The van der Waals surface area contributed by atoms with Crippen LogP contribution < -0.4 is 0 Å². The molecule has 0 aromatic carbocycles. The summed E-state index contributed by atoms with van der Waals surface area (Å²) in [6.45, 7) is 6.61. The van der Waals surface area contributed by atoms with E-state index in [-0.39, 0.29) is 31.1 Å². The van der Waals surface area contributed by atoms with Crippen LogP contribution >= 0.6 is 0 Å². The Bertz CT molecular complexity index is 1030. The van der Waals surface area contributed by atoms with Crippen molar-refractivity contribution in [3.05, 3.63) is 36.5 Å². The van der Waals surface area contributed by atoms with Crippen LogP contribution in [0.3, 0.4) is 0 Å². The van der Waals surface area contributed by atoms with Crippen LogP contribution in [0, 0.1) is 0 Å². The average Bonchev–Trinajstić information content (AvgIpc) is 3.26. The summed E-state index contributed by atoms with van der Waals surface area (Å²) in [4.78, 5) is 38.0. The standard InChI is InChI=1S/C55H100O6/c1-4-7-10-13-16-19-22-25-28-31-33-36-39-42-45-48-54(57)60-51-52(61-55(58)49-46-43-40-37-34-30-27-24-21-18-15-12-9-6-3)50-59-53(56)47-44-41-38-35-32-29-26-23-20-17-14-11-8-5-2/h23-28,52H,4-22,29-51H2,1-3H3/b26-23-,27-24-,28-25-. The van der Waals surface area contributed by atoms with Gasteiger partial charge in [0.25, 0.3) is 0 Å². The third-order valence-corrected chi connectivity index (χ3v) is 11.6. The van der Waals surface area contributed by atoms with E-state index in [0.29, 0.717) is 19.3 Å². The monoisotopic (exact) mass is 857 g/mol. The van der Waals surface area contributed by atoms with Crippen LogP contribution in [-0.2, 0) is 28.6 Å². The number of carbonyl (C=O) groups is 3. The molecule has 0 radical (unpaired) electrons. The first-order valence-electron chi connectivity index (χ1n) is 26.5. The van der Waals surface area contributed by atoms with Crippen LogP contribution in [-0.4, -0.2) is 37.2 Å². The molecule has 0 aliphatic carbocycles. The Morgan fingerprint density at radius 1 is 0.311 bits per heavy atom. The lowest BCUT2D eigenvalue weighted by Crippen LogP contribution is -2.30. The summed E-state index contributed by atoms with van der Waals surface area (Å²) >= 11 is 0. The lowest BCUT2D eigenvalue weighted by molar-refractivity contribution is -0.167. The van der Waals surface area contributed by atoms with E-state index < -0.39 is 6.10 Å². The largest absolute Gasteiger partial charge is 0.462 e.